The molecule has 2 atom stereocenters. The fraction of sp³-hybridized carbons (Fsp3) is 0.217. The second kappa shape index (κ2) is 9.61. The van der Waals surface area contributed by atoms with Gasteiger partial charge in [0.2, 0.25) is 5.91 Å². The highest BCUT2D eigenvalue weighted by Gasteiger charge is 2.18. The van der Waals surface area contributed by atoms with Crippen molar-refractivity contribution in [2.45, 2.75) is 25.1 Å². The Labute approximate surface area is 183 Å². The van der Waals surface area contributed by atoms with E-state index in [1.54, 1.807) is 12.5 Å². The summed E-state index contributed by atoms with van der Waals surface area (Å²) in [6.07, 6.45) is 7.76. The predicted molar refractivity (Wildman–Crippen MR) is 120 cm³/mol. The Hall–Kier alpha value is -3.39. The molecule has 0 fully saturated rings. The first kappa shape index (κ1) is 20.9. The molecule has 0 bridgehead atoms. The fourth-order valence-corrected chi connectivity index (χ4v) is 4.48. The van der Waals surface area contributed by atoms with Crippen LogP contribution >= 0.6 is 0 Å². The van der Waals surface area contributed by atoms with Gasteiger partial charge in [0.15, 0.2) is 0 Å². The first-order valence-electron chi connectivity index (χ1n) is 10.0. The van der Waals surface area contributed by atoms with Crippen LogP contribution in [0.15, 0.2) is 83.9 Å². The summed E-state index contributed by atoms with van der Waals surface area (Å²) in [6, 6.07) is 17.2. The molecule has 0 saturated heterocycles. The minimum absolute atomic E-state index is 0.0653. The average Bonchev–Trinajstić information content (AvgIpc) is 3.50. The molecule has 0 aliphatic heterocycles. The molecule has 1 amide bonds. The van der Waals surface area contributed by atoms with Gasteiger partial charge in [-0.25, -0.2) is 4.68 Å². The van der Waals surface area contributed by atoms with Gasteiger partial charge in [-0.3, -0.25) is 9.00 Å². The van der Waals surface area contributed by atoms with E-state index in [0.717, 1.165) is 22.8 Å². The lowest BCUT2D eigenvalue weighted by Gasteiger charge is -2.13. The van der Waals surface area contributed by atoms with E-state index >= 15 is 0 Å². The van der Waals surface area contributed by atoms with Crippen molar-refractivity contribution < 1.29 is 13.4 Å². The summed E-state index contributed by atoms with van der Waals surface area (Å²) in [5.74, 6) is 1.55. The predicted octanol–water partition coefficient (Wildman–Crippen LogP) is 3.25. The molecule has 0 radical (unpaired) electrons. The minimum atomic E-state index is -1.37. The van der Waals surface area contributed by atoms with E-state index in [1.165, 1.54) is 0 Å². The van der Waals surface area contributed by atoms with Gasteiger partial charge in [-0.15, -0.1) is 0 Å². The summed E-state index contributed by atoms with van der Waals surface area (Å²) in [7, 11) is -1.37. The molecule has 0 aliphatic carbocycles. The van der Waals surface area contributed by atoms with E-state index < -0.39 is 10.8 Å². The van der Waals surface area contributed by atoms with E-state index in [1.807, 2.05) is 83.2 Å². The van der Waals surface area contributed by atoms with Gasteiger partial charge in [-0.1, -0.05) is 18.2 Å². The zero-order chi connectivity index (χ0) is 21.6. The Kier molecular flexibility index (Phi) is 6.47. The van der Waals surface area contributed by atoms with E-state index in [9.17, 15) is 9.00 Å². The van der Waals surface area contributed by atoms with Gasteiger partial charge in [0, 0.05) is 41.2 Å². The molecular weight excluding hydrogens is 412 g/mol. The maximum Gasteiger partial charge on any atom is 0.232 e. The first-order chi connectivity index (χ1) is 15.1. The standard InChI is InChI=1S/C23H24N4O3S/c1-18(14-21-10-7-13-30-21)25-22(28)17-31(29)16-19-15-24-27(20-8-3-2-4-9-20)23(19)26-11-5-6-12-26/h2-13,15,18H,14,16-17H2,1H3,(H,25,28). The van der Waals surface area contributed by atoms with Crippen LogP contribution < -0.4 is 5.32 Å². The summed E-state index contributed by atoms with van der Waals surface area (Å²) in [5.41, 5.74) is 1.72. The summed E-state index contributed by atoms with van der Waals surface area (Å²) in [6.45, 7) is 1.90. The van der Waals surface area contributed by atoms with E-state index in [0.29, 0.717) is 6.42 Å². The van der Waals surface area contributed by atoms with Crippen molar-refractivity contribution in [1.82, 2.24) is 19.7 Å². The van der Waals surface area contributed by atoms with Gasteiger partial charge in [0.1, 0.15) is 17.3 Å². The Balaban J connectivity index is 1.44. The van der Waals surface area contributed by atoms with Gasteiger partial charge < -0.3 is 14.3 Å². The lowest BCUT2D eigenvalue weighted by molar-refractivity contribution is -0.119. The molecule has 1 N–H and O–H groups in total. The van der Waals surface area contributed by atoms with Crippen LogP contribution in [0.1, 0.15) is 18.2 Å². The van der Waals surface area contributed by atoms with Crippen LogP contribution in [0.4, 0.5) is 0 Å². The molecule has 3 heterocycles. The SMILES string of the molecule is CC(Cc1ccco1)NC(=O)CS(=O)Cc1cnn(-c2ccccc2)c1-n1cccc1. The summed E-state index contributed by atoms with van der Waals surface area (Å²) < 4.78 is 21.8. The van der Waals surface area contributed by atoms with Crippen molar-refractivity contribution in [2.75, 3.05) is 5.75 Å². The fourth-order valence-electron chi connectivity index (χ4n) is 3.46. The van der Waals surface area contributed by atoms with Gasteiger partial charge in [-0.05, 0) is 43.3 Å². The summed E-state index contributed by atoms with van der Waals surface area (Å²) in [5, 5.41) is 7.41. The number of benzene rings is 1. The van der Waals surface area contributed by atoms with Crippen molar-refractivity contribution in [3.8, 4) is 11.5 Å². The number of hydrogen-bond donors (Lipinski definition) is 1. The lowest BCUT2D eigenvalue weighted by Crippen LogP contribution is -2.37. The van der Waals surface area contributed by atoms with Crippen LogP contribution in [0.25, 0.3) is 11.5 Å². The zero-order valence-electron chi connectivity index (χ0n) is 17.2. The summed E-state index contributed by atoms with van der Waals surface area (Å²) >= 11 is 0. The maximum atomic E-state index is 12.8. The Morgan fingerprint density at radius 1 is 1.13 bits per heavy atom. The van der Waals surface area contributed by atoms with Crippen molar-refractivity contribution >= 4 is 16.7 Å². The number of carbonyl (C=O) groups is 1. The second-order valence-electron chi connectivity index (χ2n) is 7.31. The van der Waals surface area contributed by atoms with Crippen LogP contribution in [-0.2, 0) is 27.8 Å². The average molecular weight is 437 g/mol. The van der Waals surface area contributed by atoms with Crippen molar-refractivity contribution in [2.24, 2.45) is 0 Å². The van der Waals surface area contributed by atoms with E-state index in [2.05, 4.69) is 10.4 Å². The molecule has 1 aromatic carbocycles. The minimum Gasteiger partial charge on any atom is -0.469 e. The van der Waals surface area contributed by atoms with Gasteiger partial charge in [-0.2, -0.15) is 5.10 Å². The van der Waals surface area contributed by atoms with Crippen LogP contribution in [-0.4, -0.2) is 36.3 Å². The van der Waals surface area contributed by atoms with Gasteiger partial charge in [0.25, 0.3) is 0 Å². The number of amides is 1. The molecule has 4 aromatic rings. The smallest absolute Gasteiger partial charge is 0.232 e. The number of carbonyl (C=O) groups excluding carboxylic acids is 1. The third kappa shape index (κ3) is 5.21. The molecule has 8 heteroatoms. The number of nitrogens with one attached hydrogen (secondary N) is 1. The normalized spacial score (nSPS) is 13.1. The Morgan fingerprint density at radius 3 is 2.61 bits per heavy atom. The highest BCUT2D eigenvalue weighted by atomic mass is 32.2. The van der Waals surface area contributed by atoms with Gasteiger partial charge in [0.05, 0.1) is 23.9 Å². The van der Waals surface area contributed by atoms with Crippen LogP contribution in [0, 0.1) is 0 Å². The van der Waals surface area contributed by atoms with Crippen molar-refractivity contribution in [1.29, 1.82) is 0 Å². The molecule has 4 rings (SSSR count). The number of aromatic nitrogens is 3. The summed E-state index contributed by atoms with van der Waals surface area (Å²) in [4.78, 5) is 12.4. The Morgan fingerprint density at radius 2 is 1.90 bits per heavy atom. The third-order valence-electron chi connectivity index (χ3n) is 4.77. The highest BCUT2D eigenvalue weighted by Crippen LogP contribution is 2.21. The molecule has 0 spiro atoms. The zero-order valence-corrected chi connectivity index (χ0v) is 18.0. The molecule has 0 saturated carbocycles. The largest absolute Gasteiger partial charge is 0.469 e. The van der Waals surface area contributed by atoms with Crippen LogP contribution in [0.2, 0.25) is 0 Å². The molecule has 3 aromatic heterocycles. The van der Waals surface area contributed by atoms with Crippen LogP contribution in [0.3, 0.4) is 0 Å². The molecule has 0 aliphatic rings. The number of hydrogen-bond acceptors (Lipinski definition) is 4. The topological polar surface area (TPSA) is 82.1 Å². The van der Waals surface area contributed by atoms with E-state index in [4.69, 9.17) is 4.42 Å². The highest BCUT2D eigenvalue weighted by molar-refractivity contribution is 7.84. The van der Waals surface area contributed by atoms with Gasteiger partial charge >= 0.3 is 0 Å². The monoisotopic (exact) mass is 436 g/mol. The quantitative estimate of drug-likeness (QED) is 0.437. The third-order valence-corrected chi connectivity index (χ3v) is 5.99. The van der Waals surface area contributed by atoms with Crippen LogP contribution in [0.5, 0.6) is 0 Å². The number of nitrogens with zero attached hydrogens (tertiary/aromatic N) is 3. The van der Waals surface area contributed by atoms with Crippen molar-refractivity contribution in [3.63, 3.8) is 0 Å². The molecular formula is C23H24N4O3S. The Bertz CT molecular complexity index is 1140. The van der Waals surface area contributed by atoms with E-state index in [-0.39, 0.29) is 23.5 Å². The molecule has 7 nitrogen and oxygen atoms in total. The van der Waals surface area contributed by atoms with Crippen molar-refractivity contribution in [3.05, 3.63) is 90.8 Å². The first-order valence-corrected chi connectivity index (χ1v) is 11.5. The number of para-hydroxylation sites is 1. The second-order valence-corrected chi connectivity index (χ2v) is 8.77. The number of furan rings is 1. The maximum absolute atomic E-state index is 12.8. The lowest BCUT2D eigenvalue weighted by atomic mass is 10.2. The molecule has 31 heavy (non-hydrogen) atoms. The molecule has 160 valence electrons. The molecule has 2 unspecified atom stereocenters. The number of rotatable bonds is 9.